The first kappa shape index (κ1) is 15.8. The van der Waals surface area contributed by atoms with Crippen LogP contribution in [0, 0.1) is 6.92 Å². The lowest BCUT2D eigenvalue weighted by Crippen LogP contribution is -2.46. The minimum Gasteiger partial charge on any atom is -0.377 e. The number of nitrogens with two attached hydrogens (primary N) is 1. The highest BCUT2D eigenvalue weighted by Crippen LogP contribution is 2.18. The minimum absolute atomic E-state index is 0.266. The number of rotatable bonds is 5. The van der Waals surface area contributed by atoms with Crippen molar-refractivity contribution in [2.24, 2.45) is 5.73 Å². The van der Waals surface area contributed by atoms with Crippen LogP contribution >= 0.6 is 0 Å². The zero-order valence-electron chi connectivity index (χ0n) is 12.4. The summed E-state index contributed by atoms with van der Waals surface area (Å²) in [5.41, 5.74) is 8.26. The highest BCUT2D eigenvalue weighted by Gasteiger charge is 2.13. The number of hydrogen-bond acceptors (Lipinski definition) is 3. The van der Waals surface area contributed by atoms with E-state index in [1.807, 2.05) is 44.1 Å². The van der Waals surface area contributed by atoms with Gasteiger partial charge >= 0.3 is 6.03 Å². The number of amides is 3. The first-order valence-electron chi connectivity index (χ1n) is 6.41. The predicted molar refractivity (Wildman–Crippen MR) is 79.5 cm³/mol. The Morgan fingerprint density at radius 2 is 2.00 bits per heavy atom. The van der Waals surface area contributed by atoms with Crippen LogP contribution in [-0.4, -0.2) is 32.1 Å². The van der Waals surface area contributed by atoms with Crippen molar-refractivity contribution in [1.29, 1.82) is 0 Å². The van der Waals surface area contributed by atoms with Gasteiger partial charge in [0.05, 0.1) is 0 Å². The Hall–Kier alpha value is -2.24. The number of carbonyl (C=O) groups excluding carboxylic acids is 2. The highest BCUT2D eigenvalue weighted by molar-refractivity contribution is 5.86. The Bertz CT molecular complexity index is 500. The van der Waals surface area contributed by atoms with Gasteiger partial charge in [0.2, 0.25) is 5.91 Å². The van der Waals surface area contributed by atoms with Gasteiger partial charge in [0.25, 0.3) is 0 Å². The molecule has 0 radical (unpaired) electrons. The van der Waals surface area contributed by atoms with Gasteiger partial charge in [0.15, 0.2) is 0 Å². The van der Waals surface area contributed by atoms with E-state index in [-0.39, 0.29) is 5.91 Å². The van der Waals surface area contributed by atoms with E-state index in [1.54, 1.807) is 6.92 Å². The molecular formula is C14H22N4O2. The molecule has 20 heavy (non-hydrogen) atoms. The molecule has 0 unspecified atom stereocenters. The van der Waals surface area contributed by atoms with Gasteiger partial charge in [-0.05, 0) is 31.0 Å². The molecule has 0 saturated carbocycles. The van der Waals surface area contributed by atoms with Crippen molar-refractivity contribution < 1.29 is 9.59 Å². The third kappa shape index (κ3) is 4.46. The van der Waals surface area contributed by atoms with E-state index in [1.165, 1.54) is 0 Å². The predicted octanol–water partition coefficient (Wildman–Crippen LogP) is 0.734. The van der Waals surface area contributed by atoms with Gasteiger partial charge in [-0.15, -0.1) is 0 Å². The topological polar surface area (TPSA) is 87.5 Å². The summed E-state index contributed by atoms with van der Waals surface area (Å²) in [6.07, 6.45) is 0. The van der Waals surface area contributed by atoms with Crippen molar-refractivity contribution in [3.05, 3.63) is 29.3 Å². The summed E-state index contributed by atoms with van der Waals surface area (Å²) in [7, 11) is 3.97. The zero-order valence-corrected chi connectivity index (χ0v) is 12.4. The summed E-state index contributed by atoms with van der Waals surface area (Å²) < 4.78 is 0. The average Bonchev–Trinajstić information content (AvgIpc) is 2.34. The quantitative estimate of drug-likeness (QED) is 0.742. The second-order valence-electron chi connectivity index (χ2n) is 4.96. The van der Waals surface area contributed by atoms with Crippen LogP contribution in [0.4, 0.5) is 10.5 Å². The molecular weight excluding hydrogens is 256 g/mol. The number of hydrogen-bond donors (Lipinski definition) is 3. The molecule has 0 heterocycles. The minimum atomic E-state index is -0.709. The molecule has 3 amide bonds. The molecule has 0 saturated heterocycles. The van der Waals surface area contributed by atoms with Crippen LogP contribution in [0.1, 0.15) is 18.1 Å². The number of anilines is 1. The molecule has 0 aliphatic rings. The van der Waals surface area contributed by atoms with Crippen LogP contribution in [-0.2, 0) is 11.3 Å². The highest BCUT2D eigenvalue weighted by atomic mass is 16.2. The zero-order chi connectivity index (χ0) is 15.3. The maximum absolute atomic E-state index is 11.7. The molecule has 6 nitrogen and oxygen atoms in total. The number of carbonyl (C=O) groups is 2. The molecule has 1 aromatic rings. The van der Waals surface area contributed by atoms with E-state index >= 15 is 0 Å². The molecule has 0 fully saturated rings. The number of urea groups is 1. The van der Waals surface area contributed by atoms with Crippen molar-refractivity contribution in [2.45, 2.75) is 26.4 Å². The molecule has 0 bridgehead atoms. The lowest BCUT2D eigenvalue weighted by atomic mass is 10.1. The van der Waals surface area contributed by atoms with Crippen LogP contribution < -0.4 is 21.3 Å². The Morgan fingerprint density at radius 1 is 1.35 bits per heavy atom. The lowest BCUT2D eigenvalue weighted by Gasteiger charge is -2.17. The Balaban J connectivity index is 2.60. The van der Waals surface area contributed by atoms with Crippen LogP contribution in [0.25, 0.3) is 0 Å². The molecule has 6 heteroatoms. The van der Waals surface area contributed by atoms with Gasteiger partial charge in [0, 0.05) is 26.3 Å². The standard InChI is InChI=1S/C14H22N4O2/c1-9-7-11(5-6-12(9)18(3)4)8-16-13(19)10(2)17-14(15)20/h5-7,10H,8H2,1-4H3,(H,16,19)(H3,15,17,20)/t10-/m1/s1. The number of nitrogens with zero attached hydrogens (tertiary/aromatic N) is 1. The van der Waals surface area contributed by atoms with E-state index < -0.39 is 12.1 Å². The first-order chi connectivity index (χ1) is 9.31. The molecule has 0 aliphatic heterocycles. The smallest absolute Gasteiger partial charge is 0.312 e. The summed E-state index contributed by atoms with van der Waals surface area (Å²) >= 11 is 0. The van der Waals surface area contributed by atoms with Gasteiger partial charge in [0.1, 0.15) is 6.04 Å². The molecule has 1 atom stereocenters. The number of benzene rings is 1. The maximum atomic E-state index is 11.7. The number of aryl methyl sites for hydroxylation is 1. The largest absolute Gasteiger partial charge is 0.377 e. The Morgan fingerprint density at radius 3 is 2.50 bits per heavy atom. The summed E-state index contributed by atoms with van der Waals surface area (Å²) in [4.78, 5) is 24.4. The first-order valence-corrected chi connectivity index (χ1v) is 6.41. The second kappa shape index (κ2) is 6.79. The third-order valence-electron chi connectivity index (χ3n) is 2.96. The van der Waals surface area contributed by atoms with Crippen molar-refractivity contribution in [3.63, 3.8) is 0 Å². The molecule has 110 valence electrons. The summed E-state index contributed by atoms with van der Waals surface area (Å²) in [5.74, 6) is -0.266. The van der Waals surface area contributed by atoms with Crippen molar-refractivity contribution >= 4 is 17.6 Å². The van der Waals surface area contributed by atoms with Crippen LogP contribution in [0.15, 0.2) is 18.2 Å². The number of primary amides is 1. The fourth-order valence-corrected chi connectivity index (χ4v) is 1.95. The molecule has 1 rings (SSSR count). The van der Waals surface area contributed by atoms with Gasteiger partial charge in [-0.3, -0.25) is 4.79 Å². The van der Waals surface area contributed by atoms with E-state index in [9.17, 15) is 9.59 Å². The van der Waals surface area contributed by atoms with Gasteiger partial charge in [-0.25, -0.2) is 4.79 Å². The number of nitrogens with one attached hydrogen (secondary N) is 2. The second-order valence-corrected chi connectivity index (χ2v) is 4.96. The summed E-state index contributed by atoms with van der Waals surface area (Å²) in [6, 6.07) is 4.66. The molecule has 0 aromatic heterocycles. The van der Waals surface area contributed by atoms with Crippen molar-refractivity contribution in [1.82, 2.24) is 10.6 Å². The van der Waals surface area contributed by atoms with E-state index in [2.05, 4.69) is 10.6 Å². The van der Waals surface area contributed by atoms with Crippen molar-refractivity contribution in [3.8, 4) is 0 Å². The fraction of sp³-hybridized carbons (Fsp3) is 0.429. The van der Waals surface area contributed by atoms with Crippen molar-refractivity contribution in [2.75, 3.05) is 19.0 Å². The molecule has 1 aromatic carbocycles. The maximum Gasteiger partial charge on any atom is 0.312 e. The van der Waals surface area contributed by atoms with Crippen LogP contribution in [0.2, 0.25) is 0 Å². The monoisotopic (exact) mass is 278 g/mol. The van der Waals surface area contributed by atoms with Gasteiger partial charge in [-0.1, -0.05) is 12.1 Å². The average molecular weight is 278 g/mol. The van der Waals surface area contributed by atoms with E-state index in [4.69, 9.17) is 5.73 Å². The van der Waals surface area contributed by atoms with E-state index in [0.29, 0.717) is 6.54 Å². The van der Waals surface area contributed by atoms with Crippen LogP contribution in [0.5, 0.6) is 0 Å². The molecule has 0 spiro atoms. The van der Waals surface area contributed by atoms with Crippen LogP contribution in [0.3, 0.4) is 0 Å². The Labute approximate surface area is 119 Å². The summed E-state index contributed by atoms with van der Waals surface area (Å²) in [6.45, 7) is 4.02. The normalized spacial score (nSPS) is 11.6. The Kier molecular flexibility index (Phi) is 5.37. The third-order valence-corrected chi connectivity index (χ3v) is 2.96. The van der Waals surface area contributed by atoms with E-state index in [0.717, 1.165) is 16.8 Å². The molecule has 0 aliphatic carbocycles. The van der Waals surface area contributed by atoms with Gasteiger partial charge in [-0.2, -0.15) is 0 Å². The molecule has 4 N–H and O–H groups in total. The lowest BCUT2D eigenvalue weighted by molar-refractivity contribution is -0.122. The SMILES string of the molecule is Cc1cc(CNC(=O)[C@@H](C)NC(N)=O)ccc1N(C)C. The fourth-order valence-electron chi connectivity index (χ4n) is 1.95. The summed E-state index contributed by atoms with van der Waals surface area (Å²) in [5, 5.41) is 5.09. The van der Waals surface area contributed by atoms with Gasteiger partial charge < -0.3 is 21.3 Å².